The van der Waals surface area contributed by atoms with E-state index < -0.39 is 5.97 Å². The molecule has 12 heavy (non-hydrogen) atoms. The van der Waals surface area contributed by atoms with Gasteiger partial charge in [0.05, 0.1) is 0 Å². The summed E-state index contributed by atoms with van der Waals surface area (Å²) in [6.45, 7) is 2.02. The van der Waals surface area contributed by atoms with Gasteiger partial charge in [0.2, 0.25) is 0 Å². The van der Waals surface area contributed by atoms with Crippen molar-refractivity contribution in [3.8, 4) is 0 Å². The number of carbonyl (C=O) groups excluding carboxylic acids is 1. The minimum absolute atomic E-state index is 0. The molecule has 0 aromatic heterocycles. The molecular formula is C8H14ClKO2. The number of hydrogen-bond acceptors (Lipinski definition) is 2. The number of alkyl halides is 1. The van der Waals surface area contributed by atoms with Crippen molar-refractivity contribution >= 4 is 17.6 Å². The van der Waals surface area contributed by atoms with Crippen molar-refractivity contribution in [1.82, 2.24) is 0 Å². The number of carbonyl (C=O) groups is 1. The van der Waals surface area contributed by atoms with Gasteiger partial charge in [-0.3, -0.25) is 0 Å². The average molecular weight is 217 g/mol. The Kier molecular flexibility index (Phi) is 13.8. The van der Waals surface area contributed by atoms with Crippen LogP contribution in [-0.2, 0) is 4.79 Å². The zero-order chi connectivity index (χ0) is 8.69. The summed E-state index contributed by atoms with van der Waals surface area (Å²) in [5.74, 6) is -0.965. The number of carboxylic acids is 1. The molecule has 0 aromatic rings. The number of aliphatic carboxylic acids is 1. The third-order valence-electron chi connectivity index (χ3n) is 1.59. The van der Waals surface area contributed by atoms with Gasteiger partial charge < -0.3 is 9.90 Å². The van der Waals surface area contributed by atoms with Gasteiger partial charge in [-0.15, -0.1) is 11.6 Å². The van der Waals surface area contributed by atoms with Crippen LogP contribution in [0.4, 0.5) is 0 Å². The van der Waals surface area contributed by atoms with E-state index in [1.165, 1.54) is 0 Å². The van der Waals surface area contributed by atoms with Crippen molar-refractivity contribution in [2.45, 2.75) is 44.4 Å². The Hall–Kier alpha value is 1.40. The Labute approximate surface area is 121 Å². The molecule has 0 aromatic carbocycles. The molecule has 0 aliphatic rings. The molecule has 2 nitrogen and oxygen atoms in total. The zero-order valence-corrected chi connectivity index (χ0v) is 11.7. The normalized spacial score (nSPS) is 11.8. The molecule has 0 radical (unpaired) electrons. The first-order valence-electron chi connectivity index (χ1n) is 4.00. The predicted octanol–water partition coefficient (Wildman–Crippen LogP) is -1.68. The molecule has 0 aliphatic heterocycles. The molecule has 0 saturated carbocycles. The molecule has 1 unspecified atom stereocenters. The average Bonchev–Trinajstić information content (AvgIpc) is 1.97. The third kappa shape index (κ3) is 11.4. The van der Waals surface area contributed by atoms with Gasteiger partial charge in [0.1, 0.15) is 0 Å². The van der Waals surface area contributed by atoms with Crippen LogP contribution in [0.25, 0.3) is 0 Å². The van der Waals surface area contributed by atoms with Gasteiger partial charge in [0, 0.05) is 11.3 Å². The molecule has 0 fully saturated rings. The van der Waals surface area contributed by atoms with Gasteiger partial charge in [-0.25, -0.2) is 0 Å². The van der Waals surface area contributed by atoms with Gasteiger partial charge in [-0.05, 0) is 25.7 Å². The van der Waals surface area contributed by atoms with Crippen LogP contribution < -0.4 is 56.5 Å². The molecule has 0 aliphatic carbocycles. The number of rotatable bonds is 6. The molecule has 1 atom stereocenters. The fourth-order valence-electron chi connectivity index (χ4n) is 0.839. The summed E-state index contributed by atoms with van der Waals surface area (Å²) < 4.78 is 0. The van der Waals surface area contributed by atoms with Crippen molar-refractivity contribution in [3.05, 3.63) is 0 Å². The van der Waals surface area contributed by atoms with Gasteiger partial charge in [-0.2, -0.15) is 0 Å². The van der Waals surface area contributed by atoms with E-state index in [0.29, 0.717) is 6.42 Å². The summed E-state index contributed by atoms with van der Waals surface area (Å²) in [5.41, 5.74) is 0. The fourth-order valence-corrected chi connectivity index (χ4v) is 0.994. The second-order valence-corrected chi connectivity index (χ2v) is 3.24. The summed E-state index contributed by atoms with van der Waals surface area (Å²) in [5, 5.41) is 10.2. The first kappa shape index (κ1) is 15.9. The van der Waals surface area contributed by atoms with Crippen LogP contribution in [0.1, 0.15) is 39.0 Å². The molecule has 0 saturated heterocycles. The van der Waals surface area contributed by atoms with Gasteiger partial charge in [0.25, 0.3) is 0 Å². The first-order chi connectivity index (χ1) is 5.16. The van der Waals surface area contributed by atoms with Crippen LogP contribution in [0.3, 0.4) is 0 Å². The topological polar surface area (TPSA) is 40.1 Å². The number of halogens is 1. The monoisotopic (exact) mass is 216 g/mol. The molecule has 0 amide bonds. The van der Waals surface area contributed by atoms with E-state index >= 15 is 0 Å². The molecule has 66 valence electrons. The Morgan fingerprint density at radius 1 is 1.50 bits per heavy atom. The molecule has 0 spiro atoms. The van der Waals surface area contributed by atoms with Crippen LogP contribution in [0.15, 0.2) is 0 Å². The minimum atomic E-state index is -0.965. The van der Waals surface area contributed by atoms with Crippen LogP contribution in [-0.4, -0.2) is 11.3 Å². The minimum Gasteiger partial charge on any atom is -0.550 e. The van der Waals surface area contributed by atoms with E-state index in [0.717, 1.165) is 19.3 Å². The predicted molar refractivity (Wildman–Crippen MR) is 43.4 cm³/mol. The standard InChI is InChI=1S/C8H15ClO2.K/c1-2-7(9)5-3-4-6-8(10)11;/h7H,2-6H2,1H3,(H,10,11);/q;+1/p-1. The molecule has 0 bridgehead atoms. The second-order valence-electron chi connectivity index (χ2n) is 2.62. The van der Waals surface area contributed by atoms with Crippen LogP contribution >= 0.6 is 11.6 Å². The third-order valence-corrected chi connectivity index (χ3v) is 2.12. The maximum absolute atomic E-state index is 9.97. The molecule has 0 N–H and O–H groups in total. The zero-order valence-electron chi connectivity index (χ0n) is 7.81. The molecule has 4 heteroatoms. The molecule has 0 heterocycles. The SMILES string of the molecule is CCC(Cl)CCCCC(=O)[O-].[K+]. The van der Waals surface area contributed by atoms with Crippen molar-refractivity contribution in [1.29, 1.82) is 0 Å². The van der Waals surface area contributed by atoms with Crippen LogP contribution in [0.5, 0.6) is 0 Å². The fraction of sp³-hybridized carbons (Fsp3) is 0.875. The van der Waals surface area contributed by atoms with Gasteiger partial charge in [0.15, 0.2) is 0 Å². The van der Waals surface area contributed by atoms with E-state index in [-0.39, 0.29) is 63.2 Å². The van der Waals surface area contributed by atoms with E-state index in [1.54, 1.807) is 0 Å². The van der Waals surface area contributed by atoms with Crippen molar-refractivity contribution in [2.24, 2.45) is 0 Å². The summed E-state index contributed by atoms with van der Waals surface area (Å²) in [4.78, 5) is 9.97. The maximum atomic E-state index is 9.97. The number of unbranched alkanes of at least 4 members (excludes halogenated alkanes) is 1. The molecular weight excluding hydrogens is 203 g/mol. The Balaban J connectivity index is 0. The van der Waals surface area contributed by atoms with E-state index in [9.17, 15) is 9.90 Å². The van der Waals surface area contributed by atoms with E-state index in [4.69, 9.17) is 11.6 Å². The van der Waals surface area contributed by atoms with Crippen molar-refractivity contribution in [2.75, 3.05) is 0 Å². The first-order valence-corrected chi connectivity index (χ1v) is 4.44. The van der Waals surface area contributed by atoms with Gasteiger partial charge in [-0.1, -0.05) is 13.3 Å². The van der Waals surface area contributed by atoms with E-state index in [1.807, 2.05) is 6.92 Å². The summed E-state index contributed by atoms with van der Waals surface area (Å²) in [6.07, 6.45) is 3.59. The Morgan fingerprint density at radius 3 is 2.50 bits per heavy atom. The van der Waals surface area contributed by atoms with E-state index in [2.05, 4.69) is 0 Å². The number of carboxylic acid groups (broad SMARTS) is 1. The summed E-state index contributed by atoms with van der Waals surface area (Å²) >= 11 is 5.82. The van der Waals surface area contributed by atoms with Crippen LogP contribution in [0.2, 0.25) is 0 Å². The summed E-state index contributed by atoms with van der Waals surface area (Å²) in [7, 11) is 0. The smallest absolute Gasteiger partial charge is 0.550 e. The summed E-state index contributed by atoms with van der Waals surface area (Å²) in [6, 6.07) is 0. The van der Waals surface area contributed by atoms with Crippen molar-refractivity contribution in [3.63, 3.8) is 0 Å². The number of hydrogen-bond donors (Lipinski definition) is 0. The van der Waals surface area contributed by atoms with Crippen molar-refractivity contribution < 1.29 is 61.3 Å². The molecule has 0 rings (SSSR count). The van der Waals surface area contributed by atoms with Gasteiger partial charge >= 0.3 is 51.4 Å². The Bertz CT molecular complexity index is 120. The Morgan fingerprint density at radius 2 is 2.08 bits per heavy atom. The largest absolute Gasteiger partial charge is 1.00 e. The second kappa shape index (κ2) is 10.5. The quantitative estimate of drug-likeness (QED) is 0.302. The maximum Gasteiger partial charge on any atom is 1.00 e. The van der Waals surface area contributed by atoms with Crippen LogP contribution in [0, 0.1) is 0 Å².